The van der Waals surface area contributed by atoms with Gasteiger partial charge in [-0.2, -0.15) is 9.78 Å². The summed E-state index contributed by atoms with van der Waals surface area (Å²) in [5, 5.41) is 14.5. The van der Waals surface area contributed by atoms with Gasteiger partial charge in [-0.15, -0.1) is 5.10 Å². The molecule has 5 aromatic rings. The summed E-state index contributed by atoms with van der Waals surface area (Å²) in [6.45, 7) is 13.3. The molecular weight excluding hydrogens is 621 g/mol. The van der Waals surface area contributed by atoms with Crippen LogP contribution < -0.4 is 4.74 Å². The molecular formula is C30H29Cl2N9O4. The zero-order chi connectivity index (χ0) is 32.5. The molecule has 0 atom stereocenters. The van der Waals surface area contributed by atoms with Crippen molar-refractivity contribution in [2.24, 2.45) is 0 Å². The van der Waals surface area contributed by atoms with Crippen molar-refractivity contribution in [3.05, 3.63) is 75.8 Å². The Bertz CT molecular complexity index is 1960. The number of rotatable bonds is 7. The van der Waals surface area contributed by atoms with E-state index in [0.717, 1.165) is 0 Å². The van der Waals surface area contributed by atoms with Crippen molar-refractivity contribution in [1.29, 1.82) is 0 Å². The van der Waals surface area contributed by atoms with Crippen molar-refractivity contribution in [3.63, 3.8) is 0 Å². The first-order valence-corrected chi connectivity index (χ1v) is 14.5. The fraction of sp³-hybridized carbons (Fsp3) is 0.300. The van der Waals surface area contributed by atoms with Crippen LogP contribution in [-0.4, -0.2) is 84.5 Å². The molecule has 2 amide bonds. The van der Waals surface area contributed by atoms with E-state index in [1.165, 1.54) is 20.5 Å². The van der Waals surface area contributed by atoms with Crippen molar-refractivity contribution in [3.8, 4) is 11.5 Å². The SMILES string of the molecule is [C-]#[N+]c1cc(Cl)cc(Oc2c(Cl)ccc3c2nnn3Cc2nn(C(=O)N(C)CCN(C)C(=O)OC(C)(C)C)c3ncccc23)c1. The predicted octanol–water partition coefficient (Wildman–Crippen LogP) is 6.64. The lowest BCUT2D eigenvalue weighted by Gasteiger charge is -2.26. The van der Waals surface area contributed by atoms with Gasteiger partial charge in [-0.1, -0.05) is 28.4 Å². The highest BCUT2D eigenvalue weighted by Crippen LogP contribution is 2.38. The second-order valence-corrected chi connectivity index (χ2v) is 12.0. The highest BCUT2D eigenvalue weighted by atomic mass is 35.5. The largest absolute Gasteiger partial charge is 0.455 e. The number of pyridine rings is 1. The van der Waals surface area contributed by atoms with E-state index in [2.05, 4.69) is 25.2 Å². The van der Waals surface area contributed by atoms with E-state index < -0.39 is 17.7 Å². The quantitative estimate of drug-likeness (QED) is 0.180. The van der Waals surface area contributed by atoms with E-state index in [1.807, 2.05) is 6.07 Å². The number of carbonyl (C=O) groups excluding carboxylic acids is 2. The minimum atomic E-state index is -0.626. The summed E-state index contributed by atoms with van der Waals surface area (Å²) >= 11 is 12.6. The van der Waals surface area contributed by atoms with Crippen LogP contribution in [0.15, 0.2) is 48.7 Å². The smallest absolute Gasteiger partial charge is 0.410 e. The molecule has 0 saturated carbocycles. The number of ether oxygens (including phenoxy) is 2. The number of amides is 2. The molecule has 0 aliphatic heterocycles. The van der Waals surface area contributed by atoms with Gasteiger partial charge in [0.2, 0.25) is 0 Å². The van der Waals surface area contributed by atoms with Gasteiger partial charge < -0.3 is 19.3 Å². The number of hydrogen-bond donors (Lipinski definition) is 0. The Morgan fingerprint density at radius 2 is 1.82 bits per heavy atom. The number of halogens is 2. The van der Waals surface area contributed by atoms with Crippen LogP contribution in [0.2, 0.25) is 10.0 Å². The number of fused-ring (bicyclic) bond motifs is 2. The zero-order valence-corrected chi connectivity index (χ0v) is 26.7. The number of benzene rings is 2. The Balaban J connectivity index is 1.39. The van der Waals surface area contributed by atoms with Gasteiger partial charge >= 0.3 is 12.1 Å². The molecule has 45 heavy (non-hydrogen) atoms. The molecule has 3 aromatic heterocycles. The molecule has 0 aliphatic rings. The van der Waals surface area contributed by atoms with Gasteiger partial charge in [0, 0.05) is 43.8 Å². The lowest BCUT2D eigenvalue weighted by atomic mass is 10.2. The minimum absolute atomic E-state index is 0.157. The molecule has 0 spiro atoms. The highest BCUT2D eigenvalue weighted by Gasteiger charge is 2.24. The van der Waals surface area contributed by atoms with E-state index in [9.17, 15) is 9.59 Å². The number of nitrogens with zero attached hydrogens (tertiary/aromatic N) is 9. The second-order valence-electron chi connectivity index (χ2n) is 11.2. The van der Waals surface area contributed by atoms with Crippen molar-refractivity contribution >= 4 is 63.1 Å². The van der Waals surface area contributed by atoms with E-state index in [-0.39, 0.29) is 25.4 Å². The minimum Gasteiger partial charge on any atom is -0.455 e. The van der Waals surface area contributed by atoms with Gasteiger partial charge in [-0.05, 0) is 63.2 Å². The van der Waals surface area contributed by atoms with Crippen LogP contribution in [0, 0.1) is 6.57 Å². The molecule has 0 aliphatic carbocycles. The Labute approximate surface area is 268 Å². The van der Waals surface area contributed by atoms with Crippen LogP contribution in [0.1, 0.15) is 26.5 Å². The van der Waals surface area contributed by atoms with Crippen LogP contribution in [0.3, 0.4) is 0 Å². The fourth-order valence-electron chi connectivity index (χ4n) is 4.38. The Hall–Kier alpha value is -4.93. The Morgan fingerprint density at radius 3 is 2.56 bits per heavy atom. The topological polar surface area (TPSA) is 125 Å². The van der Waals surface area contributed by atoms with Gasteiger partial charge in [0.25, 0.3) is 0 Å². The lowest BCUT2D eigenvalue weighted by Crippen LogP contribution is -2.41. The molecule has 15 heteroatoms. The molecule has 232 valence electrons. The highest BCUT2D eigenvalue weighted by molar-refractivity contribution is 6.33. The van der Waals surface area contributed by atoms with Gasteiger partial charge in [-0.25, -0.2) is 24.1 Å². The standard InChI is InChI=1S/C30H29Cl2N9O4/c1-30(2,3)45-29(43)39(6)13-12-38(5)28(42)41-27-21(8-7-11-34-27)23(36-41)17-40-24-10-9-22(32)26(25(24)35-37-40)44-20-15-18(31)14-19(16-20)33-4/h7-11,14-16H,12-13,17H2,1-3,5-6H3. The van der Waals surface area contributed by atoms with Crippen molar-refractivity contribution < 1.29 is 19.1 Å². The first kappa shape index (κ1) is 31.5. The van der Waals surface area contributed by atoms with Gasteiger partial charge in [0.15, 0.2) is 22.6 Å². The lowest BCUT2D eigenvalue weighted by molar-refractivity contribution is 0.0290. The summed E-state index contributed by atoms with van der Waals surface area (Å²) in [6, 6.07) is 11.2. The third-order valence-corrected chi connectivity index (χ3v) is 7.12. The third kappa shape index (κ3) is 6.92. The zero-order valence-electron chi connectivity index (χ0n) is 25.2. The van der Waals surface area contributed by atoms with Crippen molar-refractivity contribution in [1.82, 2.24) is 39.6 Å². The Morgan fingerprint density at radius 1 is 1.07 bits per heavy atom. The molecule has 13 nitrogen and oxygen atoms in total. The molecule has 0 radical (unpaired) electrons. The van der Waals surface area contributed by atoms with Gasteiger partial charge in [0.05, 0.1) is 29.4 Å². The number of hydrogen-bond acceptors (Lipinski definition) is 8. The summed E-state index contributed by atoms with van der Waals surface area (Å²) in [5.74, 6) is 0.581. The first-order chi connectivity index (χ1) is 21.3. The van der Waals surface area contributed by atoms with E-state index >= 15 is 0 Å². The number of aromatic nitrogens is 6. The predicted molar refractivity (Wildman–Crippen MR) is 169 cm³/mol. The van der Waals surface area contributed by atoms with E-state index in [1.54, 1.807) is 76.1 Å². The van der Waals surface area contributed by atoms with E-state index in [4.69, 9.17) is 39.2 Å². The maximum absolute atomic E-state index is 13.5. The van der Waals surface area contributed by atoms with Gasteiger partial charge in [-0.3, -0.25) is 0 Å². The van der Waals surface area contributed by atoms with Gasteiger partial charge in [0.1, 0.15) is 11.4 Å². The maximum atomic E-state index is 13.5. The van der Waals surface area contributed by atoms with Crippen LogP contribution >= 0.6 is 23.2 Å². The van der Waals surface area contributed by atoms with Crippen molar-refractivity contribution in [2.75, 3.05) is 27.2 Å². The second kappa shape index (κ2) is 12.6. The van der Waals surface area contributed by atoms with Crippen LogP contribution in [0.5, 0.6) is 11.5 Å². The monoisotopic (exact) mass is 649 g/mol. The summed E-state index contributed by atoms with van der Waals surface area (Å²) in [4.78, 5) is 36.5. The number of likely N-dealkylation sites (N-methyl/N-ethyl adjacent to an activating group) is 2. The maximum Gasteiger partial charge on any atom is 0.410 e. The normalized spacial score (nSPS) is 11.4. The summed E-state index contributed by atoms with van der Waals surface area (Å²) < 4.78 is 14.3. The molecule has 3 heterocycles. The number of carbonyl (C=O) groups is 2. The molecule has 0 N–H and O–H groups in total. The molecule has 2 aromatic carbocycles. The average Bonchev–Trinajstić information content (AvgIpc) is 3.57. The summed E-state index contributed by atoms with van der Waals surface area (Å²) in [7, 11) is 3.24. The Kier molecular flexibility index (Phi) is 8.81. The summed E-state index contributed by atoms with van der Waals surface area (Å²) in [5.41, 5.74) is 1.58. The molecule has 0 saturated heterocycles. The van der Waals surface area contributed by atoms with Crippen LogP contribution in [-0.2, 0) is 11.3 Å². The van der Waals surface area contributed by atoms with E-state index in [0.29, 0.717) is 49.2 Å². The summed E-state index contributed by atoms with van der Waals surface area (Å²) in [6.07, 6.45) is 1.10. The fourth-order valence-corrected chi connectivity index (χ4v) is 4.79. The molecule has 0 fully saturated rings. The average molecular weight is 651 g/mol. The van der Waals surface area contributed by atoms with Crippen LogP contribution in [0.25, 0.3) is 26.9 Å². The molecule has 0 unspecified atom stereocenters. The van der Waals surface area contributed by atoms with Crippen molar-refractivity contribution in [2.45, 2.75) is 32.9 Å². The third-order valence-electron chi connectivity index (χ3n) is 6.60. The van der Waals surface area contributed by atoms with Crippen LogP contribution in [0.4, 0.5) is 15.3 Å². The molecule has 0 bridgehead atoms. The molecule has 5 rings (SSSR count). The first-order valence-electron chi connectivity index (χ1n) is 13.7.